The minimum atomic E-state index is -0.570. The van der Waals surface area contributed by atoms with E-state index in [0.717, 1.165) is 24.4 Å². The number of nitrogens with two attached hydrogens (primary N) is 1. The summed E-state index contributed by atoms with van der Waals surface area (Å²) in [6, 6.07) is -0.869. The van der Waals surface area contributed by atoms with Crippen molar-refractivity contribution in [2.75, 3.05) is 32.1 Å². The lowest BCUT2D eigenvalue weighted by Gasteiger charge is -2.32. The Labute approximate surface area is 143 Å². The largest absolute Gasteiger partial charge is 0.465 e. The number of likely N-dealkylation sites (tertiary alicyclic amines) is 1. The molecule has 0 spiro atoms. The van der Waals surface area contributed by atoms with Crippen LogP contribution in [-0.4, -0.2) is 54.0 Å². The fourth-order valence-electron chi connectivity index (χ4n) is 2.63. The molecule has 10 heteroatoms. The van der Waals surface area contributed by atoms with Crippen molar-refractivity contribution in [2.24, 2.45) is 11.7 Å². The Morgan fingerprint density at radius 3 is 2.88 bits per heavy atom. The van der Waals surface area contributed by atoms with Crippen LogP contribution in [0.3, 0.4) is 0 Å². The van der Waals surface area contributed by atoms with Crippen LogP contribution in [0, 0.1) is 12.8 Å². The van der Waals surface area contributed by atoms with Gasteiger partial charge in [-0.05, 0) is 37.2 Å². The zero-order valence-electron chi connectivity index (χ0n) is 13.6. The van der Waals surface area contributed by atoms with E-state index in [0.29, 0.717) is 30.3 Å². The molecule has 0 aliphatic carbocycles. The topological polar surface area (TPSA) is 127 Å². The first-order chi connectivity index (χ1) is 11.4. The second-order valence-electron chi connectivity index (χ2n) is 5.59. The predicted octanol–water partition coefficient (Wildman–Crippen LogP) is 1.15. The third-order valence-corrected chi connectivity index (χ3v) is 4.70. The third-order valence-electron chi connectivity index (χ3n) is 3.84. The summed E-state index contributed by atoms with van der Waals surface area (Å²) in [6.07, 6.45) is 1.75. The van der Waals surface area contributed by atoms with Gasteiger partial charge in [-0.3, -0.25) is 5.32 Å². The van der Waals surface area contributed by atoms with Crippen LogP contribution >= 0.6 is 11.5 Å². The van der Waals surface area contributed by atoms with E-state index < -0.39 is 12.0 Å². The summed E-state index contributed by atoms with van der Waals surface area (Å²) in [5.41, 5.74) is 5.87. The maximum atomic E-state index is 12.5. The first kappa shape index (κ1) is 18.0. The van der Waals surface area contributed by atoms with E-state index in [1.54, 1.807) is 11.8 Å². The summed E-state index contributed by atoms with van der Waals surface area (Å²) < 4.78 is 8.82. The SMILES string of the molecule is COC(=O)c1c(C)nsc1NC(=O)N1CCC[C@H](CNC(N)=O)C1. The van der Waals surface area contributed by atoms with Gasteiger partial charge in [0.05, 0.1) is 12.8 Å². The average Bonchev–Trinajstić information content (AvgIpc) is 2.93. The number of methoxy groups -OCH3 is 1. The number of nitrogens with zero attached hydrogens (tertiary/aromatic N) is 2. The minimum Gasteiger partial charge on any atom is -0.465 e. The van der Waals surface area contributed by atoms with Crippen molar-refractivity contribution in [3.8, 4) is 0 Å². The third kappa shape index (κ3) is 4.34. The number of anilines is 1. The maximum Gasteiger partial charge on any atom is 0.342 e. The van der Waals surface area contributed by atoms with Gasteiger partial charge in [-0.1, -0.05) is 0 Å². The van der Waals surface area contributed by atoms with Crippen LogP contribution in [-0.2, 0) is 4.74 Å². The van der Waals surface area contributed by atoms with Crippen LogP contribution in [0.5, 0.6) is 0 Å². The molecule has 2 heterocycles. The lowest BCUT2D eigenvalue weighted by atomic mass is 9.98. The lowest BCUT2D eigenvalue weighted by molar-refractivity contribution is 0.0601. The molecule has 132 valence electrons. The highest BCUT2D eigenvalue weighted by Gasteiger charge is 2.26. The van der Waals surface area contributed by atoms with Gasteiger partial charge >= 0.3 is 18.0 Å². The molecule has 4 amide bonds. The number of rotatable bonds is 4. The number of aromatic nitrogens is 1. The molecule has 0 saturated carbocycles. The summed E-state index contributed by atoms with van der Waals surface area (Å²) in [5, 5.41) is 5.68. The lowest BCUT2D eigenvalue weighted by Crippen LogP contribution is -2.46. The molecule has 1 fully saturated rings. The van der Waals surface area contributed by atoms with E-state index in [2.05, 4.69) is 15.0 Å². The Kier molecular flexibility index (Phi) is 5.96. The Hall–Kier alpha value is -2.36. The van der Waals surface area contributed by atoms with Gasteiger partial charge in [-0.15, -0.1) is 0 Å². The standard InChI is InChI=1S/C14H21N5O4S/c1-8-10(12(20)23-2)11(24-18-8)17-14(22)19-5-3-4-9(7-19)6-16-13(15)21/h9H,3-7H2,1-2H3,(H,17,22)(H3,15,16,21)/t9-/m1/s1. The summed E-state index contributed by atoms with van der Waals surface area (Å²) in [5.74, 6) is -0.376. The minimum absolute atomic E-state index is 0.153. The van der Waals surface area contributed by atoms with E-state index in [4.69, 9.17) is 10.5 Å². The van der Waals surface area contributed by atoms with E-state index in [9.17, 15) is 14.4 Å². The van der Waals surface area contributed by atoms with E-state index in [1.807, 2.05) is 0 Å². The van der Waals surface area contributed by atoms with Crippen LogP contribution in [0.15, 0.2) is 0 Å². The van der Waals surface area contributed by atoms with Gasteiger partial charge in [0.2, 0.25) is 0 Å². The summed E-state index contributed by atoms with van der Waals surface area (Å²) >= 11 is 1.04. The van der Waals surface area contributed by atoms with Gasteiger partial charge in [0.1, 0.15) is 10.6 Å². The Balaban J connectivity index is 1.99. The molecule has 1 aliphatic rings. The molecular weight excluding hydrogens is 334 g/mol. The van der Waals surface area contributed by atoms with Gasteiger partial charge in [-0.2, -0.15) is 4.37 Å². The molecule has 1 aromatic rings. The van der Waals surface area contributed by atoms with Gasteiger partial charge in [0.25, 0.3) is 0 Å². The summed E-state index contributed by atoms with van der Waals surface area (Å²) in [7, 11) is 1.28. The molecule has 1 aliphatic heterocycles. The number of carbonyl (C=O) groups is 3. The molecule has 9 nitrogen and oxygen atoms in total. The molecule has 1 atom stereocenters. The number of nitrogens with one attached hydrogen (secondary N) is 2. The monoisotopic (exact) mass is 355 g/mol. The second-order valence-corrected chi connectivity index (χ2v) is 6.37. The number of piperidine rings is 1. The molecule has 0 radical (unpaired) electrons. The number of urea groups is 2. The van der Waals surface area contributed by atoms with E-state index in [-0.39, 0.29) is 17.5 Å². The molecule has 24 heavy (non-hydrogen) atoms. The molecule has 1 aromatic heterocycles. The zero-order chi connectivity index (χ0) is 17.7. The van der Waals surface area contributed by atoms with Crippen molar-refractivity contribution in [3.63, 3.8) is 0 Å². The van der Waals surface area contributed by atoms with Crippen LogP contribution in [0.4, 0.5) is 14.6 Å². The number of esters is 1. The van der Waals surface area contributed by atoms with Crippen LogP contribution in [0.25, 0.3) is 0 Å². The van der Waals surface area contributed by atoms with Crippen molar-refractivity contribution >= 4 is 34.6 Å². The highest BCUT2D eigenvalue weighted by atomic mass is 32.1. The van der Waals surface area contributed by atoms with Crippen LogP contribution < -0.4 is 16.4 Å². The normalized spacial score (nSPS) is 17.2. The fourth-order valence-corrected chi connectivity index (χ4v) is 3.41. The Morgan fingerprint density at radius 2 is 2.21 bits per heavy atom. The number of primary amides is 1. The van der Waals surface area contributed by atoms with Crippen molar-refractivity contribution in [1.29, 1.82) is 0 Å². The molecule has 0 bridgehead atoms. The van der Waals surface area contributed by atoms with Crippen molar-refractivity contribution in [3.05, 3.63) is 11.3 Å². The predicted molar refractivity (Wildman–Crippen MR) is 89.1 cm³/mol. The zero-order valence-corrected chi connectivity index (χ0v) is 14.4. The molecular formula is C14H21N5O4S. The quantitative estimate of drug-likeness (QED) is 0.698. The van der Waals surface area contributed by atoms with Crippen molar-refractivity contribution in [1.82, 2.24) is 14.6 Å². The number of hydrogen-bond donors (Lipinski definition) is 3. The number of aryl methyl sites for hydroxylation is 1. The first-order valence-electron chi connectivity index (χ1n) is 7.56. The molecule has 2 rings (SSSR count). The summed E-state index contributed by atoms with van der Waals surface area (Å²) in [6.45, 7) is 3.25. The number of amides is 4. The smallest absolute Gasteiger partial charge is 0.342 e. The molecule has 4 N–H and O–H groups in total. The number of ether oxygens (including phenoxy) is 1. The van der Waals surface area contributed by atoms with Gasteiger partial charge in [0.15, 0.2) is 0 Å². The van der Waals surface area contributed by atoms with Crippen molar-refractivity contribution in [2.45, 2.75) is 19.8 Å². The Bertz CT molecular complexity index is 633. The maximum absolute atomic E-state index is 12.5. The van der Waals surface area contributed by atoms with Crippen LogP contribution in [0.1, 0.15) is 28.9 Å². The van der Waals surface area contributed by atoms with Gasteiger partial charge in [-0.25, -0.2) is 14.4 Å². The first-order valence-corrected chi connectivity index (χ1v) is 8.33. The van der Waals surface area contributed by atoms with E-state index >= 15 is 0 Å². The summed E-state index contributed by atoms with van der Waals surface area (Å²) in [4.78, 5) is 36.7. The van der Waals surface area contributed by atoms with Crippen molar-refractivity contribution < 1.29 is 19.1 Å². The molecule has 0 unspecified atom stereocenters. The highest BCUT2D eigenvalue weighted by Crippen LogP contribution is 2.26. The molecule has 1 saturated heterocycles. The molecule has 0 aromatic carbocycles. The van der Waals surface area contributed by atoms with Gasteiger partial charge < -0.3 is 20.7 Å². The van der Waals surface area contributed by atoms with Crippen LogP contribution in [0.2, 0.25) is 0 Å². The number of carbonyl (C=O) groups excluding carboxylic acids is 3. The van der Waals surface area contributed by atoms with Gasteiger partial charge in [0, 0.05) is 19.6 Å². The second kappa shape index (κ2) is 7.95. The highest BCUT2D eigenvalue weighted by molar-refractivity contribution is 7.11. The van der Waals surface area contributed by atoms with E-state index in [1.165, 1.54) is 7.11 Å². The number of hydrogen-bond acceptors (Lipinski definition) is 6. The Morgan fingerprint density at radius 1 is 1.46 bits per heavy atom. The fraction of sp³-hybridized carbons (Fsp3) is 0.571. The average molecular weight is 355 g/mol.